The van der Waals surface area contributed by atoms with E-state index in [0.717, 1.165) is 17.2 Å². The van der Waals surface area contributed by atoms with Crippen molar-refractivity contribution in [1.29, 1.82) is 0 Å². The number of anilines is 1. The van der Waals surface area contributed by atoms with Crippen LogP contribution in [0.2, 0.25) is 0 Å². The van der Waals surface area contributed by atoms with Gasteiger partial charge in [-0.3, -0.25) is 0 Å². The molecule has 4 nitrogen and oxygen atoms in total. The van der Waals surface area contributed by atoms with Gasteiger partial charge in [0.2, 0.25) is 0 Å². The van der Waals surface area contributed by atoms with Crippen LogP contribution < -0.4 is 5.73 Å². The van der Waals surface area contributed by atoms with Crippen LogP contribution in [0, 0.1) is 5.92 Å². The Bertz CT molecular complexity index is 508. The second-order valence-corrected chi connectivity index (χ2v) is 4.89. The zero-order valence-electron chi connectivity index (χ0n) is 9.87. The summed E-state index contributed by atoms with van der Waals surface area (Å²) >= 11 is 0. The number of aromatic nitrogens is 3. The standard InChI is InChI=1S/C13H16N4/c1-9-4-11(5-9)17-8-15-7-12(17)10-2-3-13(14)16-6-10/h2-3,6-9,11H,4-5H2,1H3,(H2,14,16). The molecule has 0 saturated heterocycles. The highest BCUT2D eigenvalue weighted by molar-refractivity contribution is 5.59. The van der Waals surface area contributed by atoms with Crippen LogP contribution in [0.1, 0.15) is 25.8 Å². The first-order valence-electron chi connectivity index (χ1n) is 5.98. The van der Waals surface area contributed by atoms with E-state index in [0.29, 0.717) is 11.9 Å². The molecule has 0 aliphatic heterocycles. The summed E-state index contributed by atoms with van der Waals surface area (Å²) in [4.78, 5) is 8.38. The zero-order chi connectivity index (χ0) is 11.8. The van der Waals surface area contributed by atoms with Crippen LogP contribution in [-0.2, 0) is 0 Å². The van der Waals surface area contributed by atoms with Gasteiger partial charge in [-0.15, -0.1) is 0 Å². The first-order valence-corrected chi connectivity index (χ1v) is 5.98. The summed E-state index contributed by atoms with van der Waals surface area (Å²) in [5.74, 6) is 1.39. The fraction of sp³-hybridized carbons (Fsp3) is 0.385. The molecule has 2 N–H and O–H groups in total. The number of nitrogen functional groups attached to an aromatic ring is 1. The average Bonchev–Trinajstić information content (AvgIpc) is 2.74. The van der Waals surface area contributed by atoms with Gasteiger partial charge in [-0.05, 0) is 30.9 Å². The maximum atomic E-state index is 5.60. The lowest BCUT2D eigenvalue weighted by atomic mass is 9.81. The topological polar surface area (TPSA) is 56.7 Å². The summed E-state index contributed by atoms with van der Waals surface area (Å²) in [6.45, 7) is 2.29. The average molecular weight is 228 g/mol. The molecule has 0 radical (unpaired) electrons. The van der Waals surface area contributed by atoms with Crippen LogP contribution in [0.5, 0.6) is 0 Å². The quantitative estimate of drug-likeness (QED) is 0.859. The zero-order valence-corrected chi connectivity index (χ0v) is 9.87. The Morgan fingerprint density at radius 1 is 1.29 bits per heavy atom. The molecule has 4 heteroatoms. The third-order valence-electron chi connectivity index (χ3n) is 3.49. The Hall–Kier alpha value is -1.84. The SMILES string of the molecule is CC1CC(n2cncc2-c2ccc(N)nc2)C1. The minimum Gasteiger partial charge on any atom is -0.384 e. The molecule has 88 valence electrons. The van der Waals surface area contributed by atoms with Gasteiger partial charge in [-0.1, -0.05) is 6.92 Å². The van der Waals surface area contributed by atoms with E-state index in [9.17, 15) is 0 Å². The largest absolute Gasteiger partial charge is 0.384 e. The van der Waals surface area contributed by atoms with Gasteiger partial charge in [0.15, 0.2) is 0 Å². The number of hydrogen-bond acceptors (Lipinski definition) is 3. The van der Waals surface area contributed by atoms with Crippen LogP contribution in [-0.4, -0.2) is 14.5 Å². The van der Waals surface area contributed by atoms with E-state index >= 15 is 0 Å². The molecule has 2 heterocycles. The van der Waals surface area contributed by atoms with E-state index in [4.69, 9.17) is 5.73 Å². The molecule has 2 aromatic rings. The lowest BCUT2D eigenvalue weighted by molar-refractivity contribution is 0.217. The number of rotatable bonds is 2. The molecule has 0 amide bonds. The van der Waals surface area contributed by atoms with Crippen LogP contribution in [0.15, 0.2) is 30.9 Å². The molecule has 0 spiro atoms. The van der Waals surface area contributed by atoms with Crippen LogP contribution in [0.3, 0.4) is 0 Å². The fourth-order valence-electron chi connectivity index (χ4n) is 2.46. The number of nitrogens with zero attached hydrogens (tertiary/aromatic N) is 3. The van der Waals surface area contributed by atoms with E-state index in [1.165, 1.54) is 12.8 Å². The Morgan fingerprint density at radius 2 is 2.12 bits per heavy atom. The first kappa shape index (κ1) is 10.3. The highest BCUT2D eigenvalue weighted by Gasteiger charge is 2.28. The third kappa shape index (κ3) is 1.79. The Morgan fingerprint density at radius 3 is 2.76 bits per heavy atom. The van der Waals surface area contributed by atoms with Crippen molar-refractivity contribution in [3.63, 3.8) is 0 Å². The molecule has 0 atom stereocenters. The molecular formula is C13H16N4. The van der Waals surface area contributed by atoms with Gasteiger partial charge in [-0.25, -0.2) is 9.97 Å². The smallest absolute Gasteiger partial charge is 0.123 e. The Kier molecular flexibility index (Phi) is 2.35. The second kappa shape index (κ2) is 3.87. The van der Waals surface area contributed by atoms with E-state index in [1.807, 2.05) is 30.9 Å². The first-order chi connectivity index (χ1) is 8.24. The summed E-state index contributed by atoms with van der Waals surface area (Å²) in [6.07, 6.45) is 8.11. The van der Waals surface area contributed by atoms with Crippen molar-refractivity contribution >= 4 is 5.82 Å². The van der Waals surface area contributed by atoms with Crippen molar-refractivity contribution in [3.05, 3.63) is 30.9 Å². The summed E-state index contributed by atoms with van der Waals surface area (Å²) in [6, 6.07) is 4.42. The highest BCUT2D eigenvalue weighted by Crippen LogP contribution is 2.39. The van der Waals surface area contributed by atoms with Gasteiger partial charge < -0.3 is 10.3 Å². The lowest BCUT2D eigenvalue weighted by Gasteiger charge is -2.34. The molecule has 1 fully saturated rings. The van der Waals surface area contributed by atoms with E-state index in [-0.39, 0.29) is 0 Å². The predicted octanol–water partition coefficient (Wildman–Crippen LogP) is 2.50. The minimum atomic E-state index is 0.553. The summed E-state index contributed by atoms with van der Waals surface area (Å²) in [5.41, 5.74) is 7.81. The lowest BCUT2D eigenvalue weighted by Crippen LogP contribution is -2.24. The van der Waals surface area contributed by atoms with Gasteiger partial charge in [0, 0.05) is 17.8 Å². The monoisotopic (exact) mass is 228 g/mol. The number of hydrogen-bond donors (Lipinski definition) is 1. The van der Waals surface area contributed by atoms with Gasteiger partial charge in [0.1, 0.15) is 5.82 Å². The Labute approximate surface area is 101 Å². The van der Waals surface area contributed by atoms with Crippen molar-refractivity contribution < 1.29 is 0 Å². The summed E-state index contributed by atoms with van der Waals surface area (Å²) in [5, 5.41) is 0. The molecule has 0 bridgehead atoms. The van der Waals surface area contributed by atoms with E-state index < -0.39 is 0 Å². The molecule has 0 aromatic carbocycles. The van der Waals surface area contributed by atoms with Gasteiger partial charge in [-0.2, -0.15) is 0 Å². The molecule has 17 heavy (non-hydrogen) atoms. The summed E-state index contributed by atoms with van der Waals surface area (Å²) in [7, 11) is 0. The van der Waals surface area contributed by atoms with Gasteiger partial charge >= 0.3 is 0 Å². The van der Waals surface area contributed by atoms with Crippen molar-refractivity contribution in [3.8, 4) is 11.3 Å². The van der Waals surface area contributed by atoms with Crippen molar-refractivity contribution in [2.75, 3.05) is 5.73 Å². The maximum Gasteiger partial charge on any atom is 0.123 e. The molecule has 1 aliphatic rings. The summed E-state index contributed by atoms with van der Waals surface area (Å²) < 4.78 is 2.26. The van der Waals surface area contributed by atoms with Crippen molar-refractivity contribution in [2.24, 2.45) is 5.92 Å². The highest BCUT2D eigenvalue weighted by atomic mass is 15.1. The van der Waals surface area contributed by atoms with Crippen LogP contribution in [0.4, 0.5) is 5.82 Å². The van der Waals surface area contributed by atoms with Crippen molar-refractivity contribution in [1.82, 2.24) is 14.5 Å². The molecule has 0 unspecified atom stereocenters. The number of pyridine rings is 1. The Balaban J connectivity index is 1.93. The van der Waals surface area contributed by atoms with Crippen LogP contribution in [0.25, 0.3) is 11.3 Å². The predicted molar refractivity (Wildman–Crippen MR) is 67.3 cm³/mol. The second-order valence-electron chi connectivity index (χ2n) is 4.89. The van der Waals surface area contributed by atoms with Gasteiger partial charge in [0.05, 0.1) is 18.2 Å². The third-order valence-corrected chi connectivity index (χ3v) is 3.49. The molecule has 1 saturated carbocycles. The number of nitrogens with two attached hydrogens (primary N) is 1. The maximum absolute atomic E-state index is 5.60. The molecule has 3 rings (SSSR count). The molecule has 2 aromatic heterocycles. The van der Waals surface area contributed by atoms with Gasteiger partial charge in [0.25, 0.3) is 0 Å². The molecular weight excluding hydrogens is 212 g/mol. The van der Waals surface area contributed by atoms with E-state index in [1.54, 1.807) is 0 Å². The normalized spacial score (nSPS) is 23.4. The van der Waals surface area contributed by atoms with Crippen molar-refractivity contribution in [2.45, 2.75) is 25.8 Å². The van der Waals surface area contributed by atoms with Crippen LogP contribution >= 0.6 is 0 Å². The minimum absolute atomic E-state index is 0.553. The molecule has 1 aliphatic carbocycles. The van der Waals surface area contributed by atoms with E-state index in [2.05, 4.69) is 21.5 Å². The fourth-order valence-corrected chi connectivity index (χ4v) is 2.46. The number of imidazole rings is 1.